The summed E-state index contributed by atoms with van der Waals surface area (Å²) < 4.78 is 17.8. The van der Waals surface area contributed by atoms with Crippen LogP contribution in [0.3, 0.4) is 0 Å². The molecule has 0 spiro atoms. The molecule has 0 aliphatic carbocycles. The van der Waals surface area contributed by atoms with Crippen LogP contribution in [0, 0.1) is 0 Å². The van der Waals surface area contributed by atoms with E-state index in [1.165, 1.54) is 19.1 Å². The molecular formula is C31H38O11. The van der Waals surface area contributed by atoms with Crippen LogP contribution >= 0.6 is 0 Å². The van der Waals surface area contributed by atoms with Gasteiger partial charge in [0.2, 0.25) is 5.78 Å². The summed E-state index contributed by atoms with van der Waals surface area (Å²) in [6, 6.07) is 3.77. The molecule has 11 heteroatoms. The minimum absolute atomic E-state index is 0.0906. The Morgan fingerprint density at radius 1 is 0.857 bits per heavy atom. The first kappa shape index (κ1) is 31.3. The monoisotopic (exact) mass is 586 g/mol. The number of aromatic hydroxyl groups is 4. The molecule has 4 rings (SSSR count). The number of benzene rings is 2. The quantitative estimate of drug-likeness (QED) is 0.187. The zero-order valence-corrected chi connectivity index (χ0v) is 24.1. The molecule has 7 atom stereocenters. The van der Waals surface area contributed by atoms with Crippen LogP contribution in [-0.2, 0) is 22.3 Å². The highest BCUT2D eigenvalue weighted by molar-refractivity contribution is 6.06. The van der Waals surface area contributed by atoms with Crippen molar-refractivity contribution < 1.29 is 54.8 Å². The van der Waals surface area contributed by atoms with Crippen LogP contribution in [0.5, 0.6) is 28.7 Å². The van der Waals surface area contributed by atoms with Gasteiger partial charge in [-0.3, -0.25) is 4.79 Å². The number of rotatable bonds is 7. The van der Waals surface area contributed by atoms with Gasteiger partial charge in [-0.2, -0.15) is 0 Å². The van der Waals surface area contributed by atoms with Gasteiger partial charge in [-0.1, -0.05) is 23.3 Å². The number of allylic oxidation sites excluding steroid dienone is 4. The number of fused-ring (bicyclic) bond motifs is 1. The van der Waals surface area contributed by atoms with E-state index < -0.39 is 60.2 Å². The molecule has 1 saturated heterocycles. The van der Waals surface area contributed by atoms with Crippen LogP contribution in [0.15, 0.2) is 41.5 Å². The van der Waals surface area contributed by atoms with Gasteiger partial charge in [0.15, 0.2) is 30.0 Å². The summed E-state index contributed by atoms with van der Waals surface area (Å²) in [7, 11) is 0. The highest BCUT2D eigenvalue weighted by atomic mass is 16.7. The van der Waals surface area contributed by atoms with Crippen LogP contribution in [0.4, 0.5) is 0 Å². The Hall–Kier alpha value is -3.61. The van der Waals surface area contributed by atoms with E-state index in [0.717, 1.165) is 17.2 Å². The number of aliphatic hydroxyl groups is 3. The maximum Gasteiger partial charge on any atom is 0.203 e. The van der Waals surface area contributed by atoms with Gasteiger partial charge in [0.25, 0.3) is 0 Å². The predicted molar refractivity (Wildman–Crippen MR) is 151 cm³/mol. The number of Topliss-reactive ketones (excluding diaryl/α,β-unsaturated/α-hetero) is 1. The highest BCUT2D eigenvalue weighted by Gasteiger charge is 2.49. The summed E-state index contributed by atoms with van der Waals surface area (Å²) in [5.74, 6) is -2.56. The molecule has 0 aromatic heterocycles. The molecular weight excluding hydrogens is 548 g/mol. The van der Waals surface area contributed by atoms with Crippen molar-refractivity contribution >= 4 is 5.78 Å². The lowest BCUT2D eigenvalue weighted by molar-refractivity contribution is -0.304. The van der Waals surface area contributed by atoms with E-state index in [2.05, 4.69) is 0 Å². The number of hydrogen-bond acceptors (Lipinski definition) is 11. The standard InChI is InChI=1S/C31H38O11/c1-13(2)6-8-16-10-17(11-21(34)24(16)36)28-30(42-31-27(39)26(38)23(35)15(5)40-31)25(37)22-20(33)12-19(32)18(29(22)41-28)9-7-14(3)4/h6-7,10-12,15,23,26-28,30-36,38-39H,8-9H2,1-5H3/t15-,23-,26+,27+,28-,30+,31-/m1/s1. The fraction of sp³-hybridized carbons (Fsp3) is 0.452. The van der Waals surface area contributed by atoms with E-state index in [1.54, 1.807) is 0 Å². The van der Waals surface area contributed by atoms with E-state index in [1.807, 2.05) is 39.8 Å². The molecule has 228 valence electrons. The number of carbonyl (C=O) groups excluding carboxylic acids is 1. The lowest BCUT2D eigenvalue weighted by Gasteiger charge is -2.42. The number of carbonyl (C=O) groups is 1. The molecule has 42 heavy (non-hydrogen) atoms. The molecule has 2 aliphatic heterocycles. The van der Waals surface area contributed by atoms with E-state index in [4.69, 9.17) is 14.2 Å². The Morgan fingerprint density at radius 3 is 2.14 bits per heavy atom. The average Bonchev–Trinajstić information content (AvgIpc) is 2.91. The molecule has 11 nitrogen and oxygen atoms in total. The Morgan fingerprint density at radius 2 is 1.50 bits per heavy atom. The lowest BCUT2D eigenvalue weighted by Crippen LogP contribution is -2.59. The van der Waals surface area contributed by atoms with E-state index in [-0.39, 0.29) is 46.8 Å². The summed E-state index contributed by atoms with van der Waals surface area (Å²) in [4.78, 5) is 14.1. The van der Waals surface area contributed by atoms with Crippen LogP contribution in [0.2, 0.25) is 0 Å². The molecule has 2 aromatic rings. The first-order chi connectivity index (χ1) is 19.7. The van der Waals surface area contributed by atoms with Crippen LogP contribution in [-0.4, -0.2) is 78.3 Å². The Labute approximate surface area is 243 Å². The molecule has 1 fully saturated rings. The fourth-order valence-electron chi connectivity index (χ4n) is 4.99. The minimum atomic E-state index is -1.74. The van der Waals surface area contributed by atoms with Gasteiger partial charge < -0.3 is 50.0 Å². The van der Waals surface area contributed by atoms with Crippen molar-refractivity contribution in [3.05, 3.63) is 63.8 Å². The van der Waals surface area contributed by atoms with Crippen LogP contribution in [0.25, 0.3) is 0 Å². The van der Waals surface area contributed by atoms with Gasteiger partial charge in [0.05, 0.1) is 6.10 Å². The first-order valence-electron chi connectivity index (χ1n) is 13.7. The van der Waals surface area contributed by atoms with Gasteiger partial charge in [-0.25, -0.2) is 0 Å². The number of ether oxygens (including phenoxy) is 3. The van der Waals surface area contributed by atoms with E-state index in [0.29, 0.717) is 5.56 Å². The van der Waals surface area contributed by atoms with Crippen molar-refractivity contribution in [3.8, 4) is 28.7 Å². The molecule has 0 unspecified atom stereocenters. The van der Waals surface area contributed by atoms with Gasteiger partial charge in [-0.15, -0.1) is 0 Å². The fourth-order valence-corrected chi connectivity index (χ4v) is 4.99. The normalized spacial score (nSPS) is 27.1. The average molecular weight is 587 g/mol. The van der Waals surface area contributed by atoms with Crippen molar-refractivity contribution in [2.45, 2.75) is 90.4 Å². The lowest BCUT2D eigenvalue weighted by atomic mass is 9.89. The summed E-state index contributed by atoms with van der Waals surface area (Å²) in [6.45, 7) is 8.92. The Kier molecular flexibility index (Phi) is 9.19. The third-order valence-electron chi connectivity index (χ3n) is 7.42. The zero-order chi connectivity index (χ0) is 31.0. The molecule has 2 heterocycles. The molecule has 0 amide bonds. The SMILES string of the molecule is CC(C)=CCc1cc([C@H]2Oc3c(CC=C(C)C)c(O)cc(O)c3C(=O)[C@@H]2O[C@H]2O[C@H](C)[C@@H](O)[C@H](O)[C@@H]2O)cc(O)c1O. The Bertz CT molecular complexity index is 1400. The summed E-state index contributed by atoms with van der Waals surface area (Å²) >= 11 is 0. The van der Waals surface area contributed by atoms with Crippen LogP contribution < -0.4 is 4.74 Å². The minimum Gasteiger partial charge on any atom is -0.507 e. The second-order valence-corrected chi connectivity index (χ2v) is 11.3. The maximum atomic E-state index is 14.1. The van der Waals surface area contributed by atoms with Crippen molar-refractivity contribution in [3.63, 3.8) is 0 Å². The van der Waals surface area contributed by atoms with Gasteiger partial charge >= 0.3 is 0 Å². The highest BCUT2D eigenvalue weighted by Crippen LogP contribution is 2.48. The topological polar surface area (TPSA) is 186 Å². The Balaban J connectivity index is 1.87. The molecule has 2 aliphatic rings. The third kappa shape index (κ3) is 6.11. The largest absolute Gasteiger partial charge is 0.507 e. The van der Waals surface area contributed by atoms with Crippen molar-refractivity contribution in [1.82, 2.24) is 0 Å². The number of aliphatic hydroxyl groups excluding tert-OH is 3. The van der Waals surface area contributed by atoms with Crippen molar-refractivity contribution in [2.24, 2.45) is 0 Å². The smallest absolute Gasteiger partial charge is 0.203 e. The number of hydrogen-bond donors (Lipinski definition) is 7. The number of phenols is 4. The molecule has 0 saturated carbocycles. The molecule has 0 bridgehead atoms. The molecule has 2 aromatic carbocycles. The van der Waals surface area contributed by atoms with Crippen molar-refractivity contribution in [1.29, 1.82) is 0 Å². The summed E-state index contributed by atoms with van der Waals surface area (Å²) in [5, 5.41) is 73.6. The zero-order valence-electron chi connectivity index (χ0n) is 24.1. The number of ketones is 1. The summed E-state index contributed by atoms with van der Waals surface area (Å²) in [5.41, 5.74) is 2.40. The maximum absolute atomic E-state index is 14.1. The number of phenolic OH excluding ortho intramolecular Hbond substituents is 4. The van der Waals surface area contributed by atoms with E-state index >= 15 is 0 Å². The van der Waals surface area contributed by atoms with Gasteiger partial charge in [0, 0.05) is 17.2 Å². The van der Waals surface area contributed by atoms with Crippen LogP contribution in [0.1, 0.15) is 67.8 Å². The van der Waals surface area contributed by atoms with Gasteiger partial charge in [0.1, 0.15) is 41.1 Å². The molecule has 0 radical (unpaired) electrons. The second kappa shape index (κ2) is 12.3. The summed E-state index contributed by atoms with van der Waals surface area (Å²) in [6.07, 6.45) is -6.21. The third-order valence-corrected chi connectivity index (χ3v) is 7.42. The first-order valence-corrected chi connectivity index (χ1v) is 13.7. The van der Waals surface area contributed by atoms with E-state index in [9.17, 15) is 40.5 Å². The predicted octanol–water partition coefficient (Wildman–Crippen LogP) is 3.06. The second-order valence-electron chi connectivity index (χ2n) is 11.3. The van der Waals surface area contributed by atoms with Gasteiger partial charge in [-0.05, 0) is 65.2 Å². The van der Waals surface area contributed by atoms with Crippen molar-refractivity contribution in [2.75, 3.05) is 0 Å². The molecule has 7 N–H and O–H groups in total.